The van der Waals surface area contributed by atoms with E-state index >= 15 is 0 Å². The van der Waals surface area contributed by atoms with Crippen LogP contribution in [0.2, 0.25) is 0 Å². The molecule has 1 amide bonds. The van der Waals surface area contributed by atoms with E-state index in [1.165, 1.54) is 24.3 Å². The second-order valence-corrected chi connectivity index (χ2v) is 4.27. The zero-order valence-corrected chi connectivity index (χ0v) is 9.41. The van der Waals surface area contributed by atoms with Crippen LogP contribution in [0.25, 0.3) is 0 Å². The standard InChI is InChI=1S/C13H14FNO2/c14-10-3-1-9(2-4-10)12(16)7-8-13(17)15-11-5-6-11/h1-4,11H,5-8H2,(H,15,17). The Bertz CT molecular complexity index is 424. The van der Waals surface area contributed by atoms with Crippen LogP contribution in [-0.2, 0) is 4.79 Å². The Hall–Kier alpha value is -1.71. The van der Waals surface area contributed by atoms with Gasteiger partial charge in [0, 0.05) is 24.4 Å². The third-order valence-electron chi connectivity index (χ3n) is 2.69. The summed E-state index contributed by atoms with van der Waals surface area (Å²) in [5, 5.41) is 2.82. The molecule has 90 valence electrons. The van der Waals surface area contributed by atoms with E-state index in [2.05, 4.69) is 5.32 Å². The van der Waals surface area contributed by atoms with Gasteiger partial charge in [-0.2, -0.15) is 0 Å². The molecule has 2 rings (SSSR count). The molecule has 3 nitrogen and oxygen atoms in total. The second-order valence-electron chi connectivity index (χ2n) is 4.27. The Morgan fingerprint density at radius 1 is 1.18 bits per heavy atom. The van der Waals surface area contributed by atoms with Crippen molar-refractivity contribution in [1.29, 1.82) is 0 Å². The maximum atomic E-state index is 12.6. The van der Waals surface area contributed by atoms with Gasteiger partial charge in [-0.3, -0.25) is 9.59 Å². The molecular weight excluding hydrogens is 221 g/mol. The van der Waals surface area contributed by atoms with Gasteiger partial charge < -0.3 is 5.32 Å². The van der Waals surface area contributed by atoms with E-state index in [1.807, 2.05) is 0 Å². The van der Waals surface area contributed by atoms with Crippen molar-refractivity contribution in [2.45, 2.75) is 31.7 Å². The zero-order valence-electron chi connectivity index (χ0n) is 9.41. The van der Waals surface area contributed by atoms with Crippen LogP contribution in [0.5, 0.6) is 0 Å². The minimum absolute atomic E-state index is 0.0806. The summed E-state index contributed by atoms with van der Waals surface area (Å²) in [7, 11) is 0. The van der Waals surface area contributed by atoms with Crippen LogP contribution in [0.15, 0.2) is 24.3 Å². The summed E-state index contributed by atoms with van der Waals surface area (Å²) in [4.78, 5) is 23.0. The lowest BCUT2D eigenvalue weighted by Gasteiger charge is -2.03. The summed E-state index contributed by atoms with van der Waals surface area (Å²) in [5.74, 6) is -0.577. The van der Waals surface area contributed by atoms with E-state index in [4.69, 9.17) is 0 Å². The first-order valence-electron chi connectivity index (χ1n) is 5.73. The zero-order chi connectivity index (χ0) is 12.3. The molecular formula is C13H14FNO2. The monoisotopic (exact) mass is 235 g/mol. The van der Waals surface area contributed by atoms with Gasteiger partial charge in [-0.05, 0) is 37.1 Å². The average Bonchev–Trinajstić information content (AvgIpc) is 3.11. The molecule has 1 aromatic carbocycles. The number of benzene rings is 1. The number of carbonyl (C=O) groups is 2. The van der Waals surface area contributed by atoms with Crippen molar-refractivity contribution in [2.24, 2.45) is 0 Å². The Morgan fingerprint density at radius 2 is 1.82 bits per heavy atom. The van der Waals surface area contributed by atoms with Crippen LogP contribution >= 0.6 is 0 Å². The number of hydrogen-bond acceptors (Lipinski definition) is 2. The fraction of sp³-hybridized carbons (Fsp3) is 0.385. The molecule has 0 bridgehead atoms. The highest BCUT2D eigenvalue weighted by Gasteiger charge is 2.23. The predicted molar refractivity (Wildman–Crippen MR) is 61.1 cm³/mol. The van der Waals surface area contributed by atoms with Crippen molar-refractivity contribution in [3.8, 4) is 0 Å². The van der Waals surface area contributed by atoms with E-state index < -0.39 is 0 Å². The molecule has 0 aromatic heterocycles. The molecule has 4 heteroatoms. The number of amides is 1. The van der Waals surface area contributed by atoms with Crippen LogP contribution in [0, 0.1) is 5.82 Å². The van der Waals surface area contributed by atoms with Crippen molar-refractivity contribution in [2.75, 3.05) is 0 Å². The molecule has 1 fully saturated rings. The molecule has 0 spiro atoms. The van der Waals surface area contributed by atoms with Crippen molar-refractivity contribution in [3.63, 3.8) is 0 Å². The van der Waals surface area contributed by atoms with Crippen molar-refractivity contribution in [1.82, 2.24) is 5.32 Å². The summed E-state index contributed by atoms with van der Waals surface area (Å²) in [6.45, 7) is 0. The largest absolute Gasteiger partial charge is 0.353 e. The summed E-state index contributed by atoms with van der Waals surface area (Å²) < 4.78 is 12.6. The van der Waals surface area contributed by atoms with Gasteiger partial charge in [0.2, 0.25) is 5.91 Å². The van der Waals surface area contributed by atoms with Crippen LogP contribution in [-0.4, -0.2) is 17.7 Å². The first-order chi connectivity index (χ1) is 8.15. The van der Waals surface area contributed by atoms with E-state index in [0.717, 1.165) is 12.8 Å². The quantitative estimate of drug-likeness (QED) is 0.794. The Labute approximate surface area is 99.0 Å². The van der Waals surface area contributed by atoms with Crippen LogP contribution in [0.1, 0.15) is 36.0 Å². The van der Waals surface area contributed by atoms with Crippen molar-refractivity contribution >= 4 is 11.7 Å². The number of ketones is 1. The molecule has 0 atom stereocenters. The van der Waals surface area contributed by atoms with Crippen molar-refractivity contribution in [3.05, 3.63) is 35.6 Å². The van der Waals surface area contributed by atoms with Gasteiger partial charge in [0.15, 0.2) is 5.78 Å². The molecule has 0 unspecified atom stereocenters. The molecule has 0 heterocycles. The first kappa shape index (κ1) is 11.8. The lowest BCUT2D eigenvalue weighted by molar-refractivity contribution is -0.121. The number of rotatable bonds is 5. The lowest BCUT2D eigenvalue weighted by atomic mass is 10.1. The van der Waals surface area contributed by atoms with Gasteiger partial charge in [0.1, 0.15) is 5.82 Å². The van der Waals surface area contributed by atoms with Gasteiger partial charge in [-0.25, -0.2) is 4.39 Å². The highest BCUT2D eigenvalue weighted by Crippen LogP contribution is 2.18. The van der Waals surface area contributed by atoms with Crippen molar-refractivity contribution < 1.29 is 14.0 Å². The molecule has 0 aliphatic heterocycles. The summed E-state index contributed by atoms with van der Waals surface area (Å²) in [6.07, 6.45) is 2.45. The van der Waals surface area contributed by atoms with E-state index in [0.29, 0.717) is 11.6 Å². The third kappa shape index (κ3) is 3.66. The normalized spacial score (nSPS) is 14.4. The number of Topliss-reactive ketones (excluding diaryl/α,β-unsaturated/α-hetero) is 1. The maximum absolute atomic E-state index is 12.6. The SMILES string of the molecule is O=C(CCC(=O)c1ccc(F)cc1)NC1CC1. The Morgan fingerprint density at radius 3 is 2.41 bits per heavy atom. The number of halogens is 1. The average molecular weight is 235 g/mol. The molecule has 1 N–H and O–H groups in total. The van der Waals surface area contributed by atoms with Gasteiger partial charge >= 0.3 is 0 Å². The molecule has 1 aromatic rings. The van der Waals surface area contributed by atoms with Gasteiger partial charge in [0.05, 0.1) is 0 Å². The van der Waals surface area contributed by atoms with Gasteiger partial charge in [-0.15, -0.1) is 0 Å². The first-order valence-corrected chi connectivity index (χ1v) is 5.73. The molecule has 0 saturated heterocycles. The highest BCUT2D eigenvalue weighted by atomic mass is 19.1. The lowest BCUT2D eigenvalue weighted by Crippen LogP contribution is -2.25. The molecule has 1 aliphatic carbocycles. The maximum Gasteiger partial charge on any atom is 0.220 e. The number of nitrogens with one attached hydrogen (secondary N) is 1. The second kappa shape index (κ2) is 5.08. The Balaban J connectivity index is 1.79. The molecule has 1 saturated carbocycles. The molecule has 17 heavy (non-hydrogen) atoms. The minimum atomic E-state index is -0.368. The molecule has 1 aliphatic rings. The van der Waals surface area contributed by atoms with E-state index in [9.17, 15) is 14.0 Å². The predicted octanol–water partition coefficient (Wildman–Crippen LogP) is 2.07. The van der Waals surface area contributed by atoms with Gasteiger partial charge in [0.25, 0.3) is 0 Å². The topological polar surface area (TPSA) is 46.2 Å². The van der Waals surface area contributed by atoms with Crippen LogP contribution < -0.4 is 5.32 Å². The van der Waals surface area contributed by atoms with E-state index in [-0.39, 0.29) is 30.3 Å². The summed E-state index contributed by atoms with van der Waals surface area (Å²) in [6, 6.07) is 5.70. The smallest absolute Gasteiger partial charge is 0.220 e. The fourth-order valence-corrected chi connectivity index (χ4v) is 1.53. The highest BCUT2D eigenvalue weighted by molar-refractivity contribution is 5.97. The molecule has 0 radical (unpaired) electrons. The third-order valence-corrected chi connectivity index (χ3v) is 2.69. The van der Waals surface area contributed by atoms with E-state index in [1.54, 1.807) is 0 Å². The number of hydrogen-bond donors (Lipinski definition) is 1. The minimum Gasteiger partial charge on any atom is -0.353 e. The summed E-state index contributed by atoms with van der Waals surface area (Å²) in [5.41, 5.74) is 0.450. The van der Waals surface area contributed by atoms with Crippen LogP contribution in [0.3, 0.4) is 0 Å². The van der Waals surface area contributed by atoms with Gasteiger partial charge in [-0.1, -0.05) is 0 Å². The number of carbonyl (C=O) groups excluding carboxylic acids is 2. The fourth-order valence-electron chi connectivity index (χ4n) is 1.53. The van der Waals surface area contributed by atoms with Crippen LogP contribution in [0.4, 0.5) is 4.39 Å². The Kier molecular flexibility index (Phi) is 3.52. The summed E-state index contributed by atoms with van der Waals surface area (Å²) >= 11 is 0.